The Hall–Kier alpha value is -0.570. The van der Waals surface area contributed by atoms with Crippen molar-refractivity contribution >= 4 is 5.97 Å². The van der Waals surface area contributed by atoms with Crippen LogP contribution in [0.1, 0.15) is 26.2 Å². The van der Waals surface area contributed by atoms with E-state index in [4.69, 9.17) is 9.84 Å². The van der Waals surface area contributed by atoms with Gasteiger partial charge in [0.05, 0.1) is 0 Å². The number of carboxylic acids is 1. The second-order valence-corrected chi connectivity index (χ2v) is 2.84. The Labute approximate surface area is 60.0 Å². The smallest absolute Gasteiger partial charge is 0.335 e. The molecular weight excluding hydrogens is 132 g/mol. The highest BCUT2D eigenvalue weighted by molar-refractivity contribution is 5.76. The van der Waals surface area contributed by atoms with Crippen molar-refractivity contribution in [2.45, 2.75) is 31.8 Å². The molecule has 58 valence electrons. The molecule has 0 aliphatic carbocycles. The molecule has 1 aliphatic rings. The SMILES string of the molecule is C[C@]1(C(=O)O)CCCCO1. The average Bonchev–Trinajstić information content (AvgIpc) is 1.89. The van der Waals surface area contributed by atoms with Crippen LogP contribution in [0.2, 0.25) is 0 Å². The third-order valence-electron chi connectivity index (χ3n) is 1.92. The van der Waals surface area contributed by atoms with Gasteiger partial charge in [-0.05, 0) is 26.2 Å². The summed E-state index contributed by atoms with van der Waals surface area (Å²) < 4.78 is 5.13. The number of ether oxygens (including phenoxy) is 1. The lowest BCUT2D eigenvalue weighted by atomic mass is 9.96. The van der Waals surface area contributed by atoms with Gasteiger partial charge in [-0.25, -0.2) is 4.79 Å². The molecule has 0 amide bonds. The van der Waals surface area contributed by atoms with Gasteiger partial charge in [0.1, 0.15) is 0 Å². The maximum absolute atomic E-state index is 10.6. The van der Waals surface area contributed by atoms with Gasteiger partial charge in [-0.3, -0.25) is 0 Å². The minimum Gasteiger partial charge on any atom is -0.479 e. The molecule has 1 aliphatic heterocycles. The predicted octanol–water partition coefficient (Wildman–Crippen LogP) is 1.03. The van der Waals surface area contributed by atoms with Gasteiger partial charge in [0.15, 0.2) is 5.60 Å². The van der Waals surface area contributed by atoms with E-state index in [0.29, 0.717) is 13.0 Å². The molecule has 0 aromatic heterocycles. The first-order valence-electron chi connectivity index (χ1n) is 3.52. The summed E-state index contributed by atoms with van der Waals surface area (Å²) in [6.45, 7) is 2.22. The van der Waals surface area contributed by atoms with Gasteiger partial charge in [-0.2, -0.15) is 0 Å². The van der Waals surface area contributed by atoms with Crippen LogP contribution in [0.3, 0.4) is 0 Å². The van der Waals surface area contributed by atoms with Gasteiger partial charge in [0.25, 0.3) is 0 Å². The topological polar surface area (TPSA) is 46.5 Å². The van der Waals surface area contributed by atoms with Crippen LogP contribution in [0, 0.1) is 0 Å². The minimum atomic E-state index is -0.905. The molecule has 3 nitrogen and oxygen atoms in total. The lowest BCUT2D eigenvalue weighted by Gasteiger charge is -2.29. The predicted molar refractivity (Wildman–Crippen MR) is 35.8 cm³/mol. The Kier molecular flexibility index (Phi) is 1.94. The fourth-order valence-corrected chi connectivity index (χ4v) is 1.10. The highest BCUT2D eigenvalue weighted by atomic mass is 16.5. The summed E-state index contributed by atoms with van der Waals surface area (Å²) in [7, 11) is 0. The van der Waals surface area contributed by atoms with Gasteiger partial charge in [0, 0.05) is 6.61 Å². The molecule has 1 atom stereocenters. The van der Waals surface area contributed by atoms with Gasteiger partial charge in [-0.15, -0.1) is 0 Å². The van der Waals surface area contributed by atoms with E-state index in [9.17, 15) is 4.79 Å². The molecule has 10 heavy (non-hydrogen) atoms. The molecule has 3 heteroatoms. The standard InChI is InChI=1S/C7H12O3/c1-7(6(8)9)4-2-3-5-10-7/h2-5H2,1H3,(H,8,9)/t7-/m1/s1. The second kappa shape index (κ2) is 2.58. The van der Waals surface area contributed by atoms with Crippen molar-refractivity contribution in [3.63, 3.8) is 0 Å². The second-order valence-electron chi connectivity index (χ2n) is 2.84. The zero-order valence-electron chi connectivity index (χ0n) is 6.09. The molecule has 1 saturated heterocycles. The summed E-state index contributed by atoms with van der Waals surface area (Å²) in [5.41, 5.74) is -0.905. The molecule has 0 saturated carbocycles. The Morgan fingerprint density at radius 3 is 2.60 bits per heavy atom. The highest BCUT2D eigenvalue weighted by Gasteiger charge is 2.35. The molecule has 1 heterocycles. The van der Waals surface area contributed by atoms with Crippen LogP contribution in [0.25, 0.3) is 0 Å². The van der Waals surface area contributed by atoms with Crippen molar-refractivity contribution in [1.82, 2.24) is 0 Å². The Balaban J connectivity index is 2.56. The summed E-state index contributed by atoms with van der Waals surface area (Å²) in [5.74, 6) is -0.841. The van der Waals surface area contributed by atoms with Crippen molar-refractivity contribution in [2.24, 2.45) is 0 Å². The minimum absolute atomic E-state index is 0.586. The zero-order valence-corrected chi connectivity index (χ0v) is 6.09. The largest absolute Gasteiger partial charge is 0.479 e. The summed E-state index contributed by atoms with van der Waals surface area (Å²) in [4.78, 5) is 10.6. The van der Waals surface area contributed by atoms with E-state index in [0.717, 1.165) is 12.8 Å². The molecule has 1 N–H and O–H groups in total. The van der Waals surface area contributed by atoms with Gasteiger partial charge in [0.2, 0.25) is 0 Å². The molecule has 0 aromatic rings. The van der Waals surface area contributed by atoms with Crippen molar-refractivity contribution in [3.8, 4) is 0 Å². The first-order valence-corrected chi connectivity index (χ1v) is 3.52. The third-order valence-corrected chi connectivity index (χ3v) is 1.92. The summed E-state index contributed by atoms with van der Waals surface area (Å²) in [6.07, 6.45) is 2.59. The van der Waals surface area contributed by atoms with Gasteiger partial charge in [-0.1, -0.05) is 0 Å². The normalized spacial score (nSPS) is 33.7. The van der Waals surface area contributed by atoms with Gasteiger partial charge >= 0.3 is 5.97 Å². The molecule has 0 bridgehead atoms. The zero-order chi connectivity index (χ0) is 7.61. The van der Waals surface area contributed by atoms with Crippen LogP contribution < -0.4 is 0 Å². The van der Waals surface area contributed by atoms with E-state index in [-0.39, 0.29) is 0 Å². The van der Waals surface area contributed by atoms with Crippen molar-refractivity contribution in [2.75, 3.05) is 6.61 Å². The molecule has 1 fully saturated rings. The van der Waals surface area contributed by atoms with E-state index in [1.54, 1.807) is 6.92 Å². The lowest BCUT2D eigenvalue weighted by molar-refractivity contribution is -0.168. The number of hydrogen-bond acceptors (Lipinski definition) is 2. The number of carbonyl (C=O) groups is 1. The maximum atomic E-state index is 10.6. The fraction of sp³-hybridized carbons (Fsp3) is 0.857. The van der Waals surface area contributed by atoms with Crippen LogP contribution >= 0.6 is 0 Å². The fourth-order valence-electron chi connectivity index (χ4n) is 1.10. The lowest BCUT2D eigenvalue weighted by Crippen LogP contribution is -2.40. The highest BCUT2D eigenvalue weighted by Crippen LogP contribution is 2.23. The number of hydrogen-bond donors (Lipinski definition) is 1. The van der Waals surface area contributed by atoms with E-state index in [2.05, 4.69) is 0 Å². The molecule has 0 aromatic carbocycles. The van der Waals surface area contributed by atoms with E-state index >= 15 is 0 Å². The maximum Gasteiger partial charge on any atom is 0.335 e. The van der Waals surface area contributed by atoms with Gasteiger partial charge < -0.3 is 9.84 Å². The summed E-state index contributed by atoms with van der Waals surface area (Å²) in [6, 6.07) is 0. The Morgan fingerprint density at radius 1 is 1.60 bits per heavy atom. The first-order chi connectivity index (χ1) is 4.65. The van der Waals surface area contributed by atoms with Crippen LogP contribution in [-0.2, 0) is 9.53 Å². The van der Waals surface area contributed by atoms with Crippen LogP contribution in [-0.4, -0.2) is 23.3 Å². The monoisotopic (exact) mass is 144 g/mol. The average molecular weight is 144 g/mol. The van der Waals surface area contributed by atoms with Crippen molar-refractivity contribution in [1.29, 1.82) is 0 Å². The summed E-state index contributed by atoms with van der Waals surface area (Å²) in [5, 5.41) is 8.67. The van der Waals surface area contributed by atoms with Crippen molar-refractivity contribution < 1.29 is 14.6 Å². The van der Waals surface area contributed by atoms with E-state index in [1.807, 2.05) is 0 Å². The van der Waals surface area contributed by atoms with E-state index < -0.39 is 11.6 Å². The quantitative estimate of drug-likeness (QED) is 0.597. The van der Waals surface area contributed by atoms with Crippen LogP contribution in [0.5, 0.6) is 0 Å². The molecular formula is C7H12O3. The van der Waals surface area contributed by atoms with Crippen LogP contribution in [0.15, 0.2) is 0 Å². The first kappa shape index (κ1) is 7.54. The van der Waals surface area contributed by atoms with Crippen molar-refractivity contribution in [3.05, 3.63) is 0 Å². The molecule has 0 radical (unpaired) electrons. The number of rotatable bonds is 1. The molecule has 0 spiro atoms. The number of carboxylic acid groups (broad SMARTS) is 1. The van der Waals surface area contributed by atoms with E-state index in [1.165, 1.54) is 0 Å². The molecule has 1 rings (SSSR count). The third kappa shape index (κ3) is 1.29. The summed E-state index contributed by atoms with van der Waals surface area (Å²) >= 11 is 0. The Morgan fingerprint density at radius 2 is 2.30 bits per heavy atom. The Bertz CT molecular complexity index is 136. The van der Waals surface area contributed by atoms with Crippen LogP contribution in [0.4, 0.5) is 0 Å². The number of aliphatic carboxylic acids is 1. The molecule has 0 unspecified atom stereocenters.